The Kier molecular flexibility index (Phi) is 11.4. The summed E-state index contributed by atoms with van der Waals surface area (Å²) in [5.74, 6) is 0. The van der Waals surface area contributed by atoms with Crippen LogP contribution in [0.2, 0.25) is 0 Å². The largest absolute Gasteiger partial charge is 0.393 e. The summed E-state index contributed by atoms with van der Waals surface area (Å²) in [6.45, 7) is 22.1. The minimum atomic E-state index is -0.374. The predicted octanol–water partition coefficient (Wildman–Crippen LogP) is 10.8. The van der Waals surface area contributed by atoms with Gasteiger partial charge in [-0.25, -0.2) is 0 Å². The molecule has 2 nitrogen and oxygen atoms in total. The Hall–Kier alpha value is -2.68. The van der Waals surface area contributed by atoms with Crippen molar-refractivity contribution in [1.82, 2.24) is 0 Å². The number of hydrogen-bond acceptors (Lipinski definition) is 2. The first-order valence-corrected chi connectivity index (χ1v) is 15.8. The second kappa shape index (κ2) is 14.2. The summed E-state index contributed by atoms with van der Waals surface area (Å²) in [5, 5.41) is 10.4. The first-order chi connectivity index (χ1) is 19.6. The fraction of sp³-hybridized carbons (Fsp3) is 0.500. The summed E-state index contributed by atoms with van der Waals surface area (Å²) < 4.78 is 6.47. The van der Waals surface area contributed by atoms with E-state index < -0.39 is 0 Å². The van der Waals surface area contributed by atoms with Crippen LogP contribution in [0.3, 0.4) is 0 Å². The molecular formula is C40H56O2. The Balaban J connectivity index is 1.52. The molecule has 0 saturated heterocycles. The van der Waals surface area contributed by atoms with Crippen LogP contribution >= 0.6 is 0 Å². The lowest BCUT2D eigenvalue weighted by atomic mass is 9.65. The van der Waals surface area contributed by atoms with Crippen molar-refractivity contribution in [1.29, 1.82) is 0 Å². The molecule has 0 bridgehead atoms. The average Bonchev–Trinajstić information content (AvgIpc) is 3.23. The highest BCUT2D eigenvalue weighted by Gasteiger charge is 2.50. The first kappa shape index (κ1) is 33.8. The van der Waals surface area contributed by atoms with Gasteiger partial charge in [0.2, 0.25) is 0 Å². The minimum absolute atomic E-state index is 0.0372. The lowest BCUT2D eigenvalue weighted by Crippen LogP contribution is -2.45. The average molecular weight is 569 g/mol. The van der Waals surface area contributed by atoms with Crippen molar-refractivity contribution in [3.63, 3.8) is 0 Å². The van der Waals surface area contributed by atoms with E-state index in [0.717, 1.165) is 6.42 Å². The first-order valence-electron chi connectivity index (χ1n) is 15.8. The smallest absolute Gasteiger partial charge is 0.0982 e. The summed E-state index contributed by atoms with van der Waals surface area (Å²) in [5.41, 5.74) is 9.08. The number of hydrogen-bond donors (Lipinski definition) is 1. The van der Waals surface area contributed by atoms with Gasteiger partial charge < -0.3 is 9.84 Å². The Morgan fingerprint density at radius 1 is 0.786 bits per heavy atom. The maximum Gasteiger partial charge on any atom is 0.0982 e. The molecule has 3 aliphatic rings. The predicted molar refractivity (Wildman–Crippen MR) is 182 cm³/mol. The second-order valence-electron chi connectivity index (χ2n) is 14.3. The van der Waals surface area contributed by atoms with Gasteiger partial charge in [0.1, 0.15) is 0 Å². The van der Waals surface area contributed by atoms with Crippen LogP contribution in [0.5, 0.6) is 0 Å². The molecule has 228 valence electrons. The van der Waals surface area contributed by atoms with Crippen LogP contribution in [0.4, 0.5) is 0 Å². The van der Waals surface area contributed by atoms with Crippen LogP contribution in [0.1, 0.15) is 101 Å². The van der Waals surface area contributed by atoms with Crippen molar-refractivity contribution in [3.05, 3.63) is 118 Å². The molecule has 1 fully saturated rings. The third-order valence-corrected chi connectivity index (χ3v) is 9.15. The van der Waals surface area contributed by atoms with Crippen molar-refractivity contribution in [3.8, 4) is 0 Å². The monoisotopic (exact) mass is 568 g/mol. The molecule has 0 radical (unpaired) electrons. The van der Waals surface area contributed by atoms with Gasteiger partial charge in [-0.15, -0.1) is 0 Å². The van der Waals surface area contributed by atoms with Gasteiger partial charge in [0.25, 0.3) is 0 Å². The molecule has 3 atom stereocenters. The van der Waals surface area contributed by atoms with Gasteiger partial charge in [-0.1, -0.05) is 123 Å². The summed E-state index contributed by atoms with van der Waals surface area (Å²) in [6, 6.07) is 0. The fourth-order valence-corrected chi connectivity index (χ4v) is 6.85. The van der Waals surface area contributed by atoms with E-state index in [2.05, 4.69) is 148 Å². The molecule has 1 N–H and O–H groups in total. The zero-order chi connectivity index (χ0) is 31.1. The van der Waals surface area contributed by atoms with E-state index in [-0.39, 0.29) is 28.6 Å². The molecule has 0 spiro atoms. The molecule has 1 heterocycles. The van der Waals surface area contributed by atoms with E-state index in [0.29, 0.717) is 6.42 Å². The summed E-state index contributed by atoms with van der Waals surface area (Å²) in [6.07, 6.45) is 33.0. The van der Waals surface area contributed by atoms with Gasteiger partial charge in [-0.05, 0) is 101 Å². The van der Waals surface area contributed by atoms with Gasteiger partial charge in [-0.2, -0.15) is 0 Å². The number of fused-ring (bicyclic) bond motifs is 1. The molecular weight excluding hydrogens is 512 g/mol. The van der Waals surface area contributed by atoms with E-state index in [1.807, 2.05) is 0 Å². The minimum Gasteiger partial charge on any atom is -0.393 e. The number of rotatable bonds is 9. The normalized spacial score (nSPS) is 29.5. The van der Waals surface area contributed by atoms with Crippen molar-refractivity contribution in [2.24, 2.45) is 10.8 Å². The van der Waals surface area contributed by atoms with Crippen molar-refractivity contribution in [2.75, 3.05) is 0 Å². The summed E-state index contributed by atoms with van der Waals surface area (Å²) in [4.78, 5) is 0. The molecule has 1 saturated carbocycles. The lowest BCUT2D eigenvalue weighted by Gasteiger charge is -2.44. The number of aliphatic hydroxyl groups is 1. The quantitative estimate of drug-likeness (QED) is 0.221. The molecule has 0 amide bonds. The zero-order valence-electron chi connectivity index (χ0n) is 28.1. The maximum atomic E-state index is 10.4. The molecule has 2 aliphatic carbocycles. The van der Waals surface area contributed by atoms with E-state index in [1.165, 1.54) is 58.3 Å². The van der Waals surface area contributed by atoms with Crippen molar-refractivity contribution < 1.29 is 9.84 Å². The van der Waals surface area contributed by atoms with Crippen LogP contribution in [0.15, 0.2) is 118 Å². The topological polar surface area (TPSA) is 29.5 Å². The molecule has 0 aromatic heterocycles. The molecule has 1 aliphatic heterocycles. The Morgan fingerprint density at radius 3 is 1.98 bits per heavy atom. The number of allylic oxidation sites excluding steroid dienone is 17. The van der Waals surface area contributed by atoms with Crippen LogP contribution < -0.4 is 0 Å². The molecule has 0 aromatic rings. The summed E-state index contributed by atoms with van der Waals surface area (Å²) >= 11 is 0. The molecule has 42 heavy (non-hydrogen) atoms. The molecule has 3 rings (SSSR count). The lowest BCUT2D eigenvalue weighted by molar-refractivity contribution is -0.0683. The molecule has 0 aromatic carbocycles. The Bertz CT molecular complexity index is 1290. The SMILES string of the molecule is CC(C=CC=C(C)C=CC1=C(C)CCCC1(C)C)=CC=CC=C(C)C=CC=C(C)C1C=C2C(C)(C)CC(O)CC2(C)O1. The Labute approximate surface area is 257 Å². The third-order valence-electron chi connectivity index (χ3n) is 9.15. The highest BCUT2D eigenvalue weighted by atomic mass is 16.5. The van der Waals surface area contributed by atoms with Gasteiger partial charge in [0.15, 0.2) is 0 Å². The van der Waals surface area contributed by atoms with Gasteiger partial charge in [0, 0.05) is 6.42 Å². The Morgan fingerprint density at radius 2 is 1.36 bits per heavy atom. The van der Waals surface area contributed by atoms with Crippen LogP contribution in [0, 0.1) is 10.8 Å². The number of aliphatic hydroxyl groups excluding tert-OH is 1. The fourth-order valence-electron chi connectivity index (χ4n) is 6.85. The maximum absolute atomic E-state index is 10.4. The van der Waals surface area contributed by atoms with Gasteiger partial charge in [0.05, 0.1) is 17.8 Å². The molecule has 2 heteroatoms. The van der Waals surface area contributed by atoms with Gasteiger partial charge in [-0.3, -0.25) is 0 Å². The number of ether oxygens (including phenoxy) is 1. The van der Waals surface area contributed by atoms with E-state index in [1.54, 1.807) is 0 Å². The van der Waals surface area contributed by atoms with E-state index >= 15 is 0 Å². The zero-order valence-corrected chi connectivity index (χ0v) is 28.1. The van der Waals surface area contributed by atoms with Crippen molar-refractivity contribution in [2.45, 2.75) is 119 Å². The highest BCUT2D eigenvalue weighted by molar-refractivity contribution is 5.39. The van der Waals surface area contributed by atoms with Gasteiger partial charge >= 0.3 is 0 Å². The molecule has 3 unspecified atom stereocenters. The van der Waals surface area contributed by atoms with Crippen molar-refractivity contribution >= 4 is 0 Å². The van der Waals surface area contributed by atoms with E-state index in [9.17, 15) is 5.11 Å². The third kappa shape index (κ3) is 9.16. The van der Waals surface area contributed by atoms with Crippen LogP contribution in [0.25, 0.3) is 0 Å². The second-order valence-corrected chi connectivity index (χ2v) is 14.3. The highest BCUT2D eigenvalue weighted by Crippen LogP contribution is 2.52. The van der Waals surface area contributed by atoms with Crippen LogP contribution in [-0.4, -0.2) is 22.9 Å². The standard InChI is InChI=1S/C40H56O2/c1-29(18-13-19-31(3)23-24-35-32(4)22-15-25-38(35,6)7)16-11-12-17-30(2)20-14-21-33(5)36-26-37-39(8,9)27-34(41)28-40(37,10)42-36/h11-14,16-21,23-24,26,34,36,41H,15,22,25,27-28H2,1-10H3. The van der Waals surface area contributed by atoms with E-state index in [4.69, 9.17) is 4.74 Å². The van der Waals surface area contributed by atoms with Crippen LogP contribution in [-0.2, 0) is 4.74 Å². The summed E-state index contributed by atoms with van der Waals surface area (Å²) in [7, 11) is 0.